The highest BCUT2D eigenvalue weighted by molar-refractivity contribution is 6.39. The zero-order valence-electron chi connectivity index (χ0n) is 15.0. The lowest BCUT2D eigenvalue weighted by Crippen LogP contribution is -2.43. The first-order valence-electron chi connectivity index (χ1n) is 9.00. The molecule has 1 saturated heterocycles. The van der Waals surface area contributed by atoms with Crippen molar-refractivity contribution in [3.63, 3.8) is 0 Å². The highest BCUT2D eigenvalue weighted by Gasteiger charge is 2.25. The Kier molecular flexibility index (Phi) is 6.06. The van der Waals surface area contributed by atoms with E-state index in [1.807, 2.05) is 19.3 Å². The maximum Gasteiger partial charge on any atom is 0.314 e. The lowest BCUT2D eigenvalue weighted by Gasteiger charge is -2.31. The van der Waals surface area contributed by atoms with Crippen molar-refractivity contribution in [2.24, 2.45) is 7.05 Å². The molecule has 2 aromatic heterocycles. The second kappa shape index (κ2) is 8.66. The zero-order valence-corrected chi connectivity index (χ0v) is 15.0. The molecule has 1 aliphatic heterocycles. The van der Waals surface area contributed by atoms with E-state index in [2.05, 4.69) is 35.8 Å². The van der Waals surface area contributed by atoms with Gasteiger partial charge in [0.25, 0.3) is 0 Å². The number of carbonyl (C=O) groups is 2. The second-order valence-corrected chi connectivity index (χ2v) is 6.56. The Morgan fingerprint density at radius 2 is 1.96 bits per heavy atom. The van der Waals surface area contributed by atoms with E-state index in [-0.39, 0.29) is 11.9 Å². The molecule has 2 aromatic rings. The maximum absolute atomic E-state index is 12.2. The smallest absolute Gasteiger partial charge is 0.314 e. The summed E-state index contributed by atoms with van der Waals surface area (Å²) < 4.78 is 6.71. The fourth-order valence-electron chi connectivity index (χ4n) is 3.37. The standard InChI is InChI=1S/C18H25N5O3/c1-22-9-6-7-14(22)15(23-10-4-2-3-5-11-23)13-19-17(24)18(25)20-16-8-12-26-21-16/h6-9,12,15H,2-5,10-11,13H2,1H3,(H,19,24)(H,20,21,25)/t15-/m0/s1. The number of aryl methyl sites for hydroxylation is 1. The van der Waals surface area contributed by atoms with Gasteiger partial charge in [-0.3, -0.25) is 19.8 Å². The first-order chi connectivity index (χ1) is 12.6. The summed E-state index contributed by atoms with van der Waals surface area (Å²) in [6.45, 7) is 2.37. The van der Waals surface area contributed by atoms with E-state index >= 15 is 0 Å². The van der Waals surface area contributed by atoms with Gasteiger partial charge in [-0.05, 0) is 38.1 Å². The average Bonchev–Trinajstić information content (AvgIpc) is 3.21. The van der Waals surface area contributed by atoms with Gasteiger partial charge in [-0.2, -0.15) is 0 Å². The van der Waals surface area contributed by atoms with Crippen molar-refractivity contribution in [2.75, 3.05) is 25.0 Å². The average molecular weight is 359 g/mol. The van der Waals surface area contributed by atoms with Gasteiger partial charge in [0, 0.05) is 31.5 Å². The normalized spacial score (nSPS) is 16.7. The lowest BCUT2D eigenvalue weighted by molar-refractivity contribution is -0.136. The minimum absolute atomic E-state index is 0.0388. The minimum Gasteiger partial charge on any atom is -0.363 e. The molecule has 0 saturated carbocycles. The van der Waals surface area contributed by atoms with Crippen molar-refractivity contribution in [3.05, 3.63) is 36.4 Å². The molecule has 2 amide bonds. The molecule has 0 radical (unpaired) electrons. The van der Waals surface area contributed by atoms with Gasteiger partial charge in [0.1, 0.15) is 6.26 Å². The fourth-order valence-corrected chi connectivity index (χ4v) is 3.37. The van der Waals surface area contributed by atoms with E-state index in [9.17, 15) is 9.59 Å². The molecular weight excluding hydrogens is 334 g/mol. The van der Waals surface area contributed by atoms with Crippen molar-refractivity contribution in [3.8, 4) is 0 Å². The molecule has 26 heavy (non-hydrogen) atoms. The van der Waals surface area contributed by atoms with E-state index in [4.69, 9.17) is 0 Å². The third kappa shape index (κ3) is 4.51. The van der Waals surface area contributed by atoms with Crippen LogP contribution >= 0.6 is 0 Å². The largest absolute Gasteiger partial charge is 0.363 e. The number of aromatic nitrogens is 2. The molecule has 3 heterocycles. The summed E-state index contributed by atoms with van der Waals surface area (Å²) >= 11 is 0. The molecule has 0 aliphatic carbocycles. The van der Waals surface area contributed by atoms with Crippen LogP contribution in [0, 0.1) is 0 Å². The second-order valence-electron chi connectivity index (χ2n) is 6.56. The van der Waals surface area contributed by atoms with Crippen molar-refractivity contribution in [1.82, 2.24) is 19.9 Å². The molecule has 3 rings (SSSR count). The molecule has 2 N–H and O–H groups in total. The summed E-state index contributed by atoms with van der Waals surface area (Å²) in [6.07, 6.45) is 8.12. The van der Waals surface area contributed by atoms with Crippen LogP contribution in [0.2, 0.25) is 0 Å². The third-order valence-electron chi connectivity index (χ3n) is 4.75. The molecule has 0 bridgehead atoms. The number of hydrogen-bond acceptors (Lipinski definition) is 5. The Hall–Kier alpha value is -2.61. The first-order valence-corrected chi connectivity index (χ1v) is 9.00. The van der Waals surface area contributed by atoms with Crippen LogP contribution in [0.4, 0.5) is 5.82 Å². The van der Waals surface area contributed by atoms with Crippen molar-refractivity contribution >= 4 is 17.6 Å². The quantitative estimate of drug-likeness (QED) is 0.793. The van der Waals surface area contributed by atoms with Crippen molar-refractivity contribution < 1.29 is 14.1 Å². The Morgan fingerprint density at radius 3 is 2.58 bits per heavy atom. The monoisotopic (exact) mass is 359 g/mol. The van der Waals surface area contributed by atoms with Crippen LogP contribution in [0.15, 0.2) is 35.2 Å². The first kappa shape index (κ1) is 18.2. The predicted molar refractivity (Wildman–Crippen MR) is 96.3 cm³/mol. The SMILES string of the molecule is Cn1cccc1[C@H](CNC(=O)C(=O)Nc1ccon1)N1CCCCCC1. The van der Waals surface area contributed by atoms with Gasteiger partial charge < -0.3 is 14.4 Å². The van der Waals surface area contributed by atoms with Gasteiger partial charge in [-0.25, -0.2) is 0 Å². The Bertz CT molecular complexity index is 717. The number of amides is 2. The molecule has 0 spiro atoms. The highest BCUT2D eigenvalue weighted by Crippen LogP contribution is 2.24. The molecule has 1 atom stereocenters. The Balaban J connectivity index is 1.64. The molecular formula is C18H25N5O3. The number of anilines is 1. The zero-order chi connectivity index (χ0) is 18.4. The van der Waals surface area contributed by atoms with Gasteiger partial charge in [0.15, 0.2) is 5.82 Å². The van der Waals surface area contributed by atoms with Gasteiger partial charge >= 0.3 is 11.8 Å². The molecule has 1 aliphatic rings. The van der Waals surface area contributed by atoms with Crippen LogP contribution in [0.3, 0.4) is 0 Å². The third-order valence-corrected chi connectivity index (χ3v) is 4.75. The number of hydrogen-bond donors (Lipinski definition) is 2. The molecule has 8 nitrogen and oxygen atoms in total. The van der Waals surface area contributed by atoms with Crippen LogP contribution in [0.25, 0.3) is 0 Å². The highest BCUT2D eigenvalue weighted by atomic mass is 16.5. The Labute approximate surface area is 152 Å². The summed E-state index contributed by atoms with van der Waals surface area (Å²) in [5, 5.41) is 8.74. The minimum atomic E-state index is -0.750. The number of likely N-dealkylation sites (tertiary alicyclic amines) is 1. The maximum atomic E-state index is 12.2. The van der Waals surface area contributed by atoms with Crippen LogP contribution in [0.5, 0.6) is 0 Å². The number of nitrogens with zero attached hydrogens (tertiary/aromatic N) is 3. The van der Waals surface area contributed by atoms with Crippen molar-refractivity contribution in [2.45, 2.75) is 31.7 Å². The number of nitrogens with one attached hydrogen (secondary N) is 2. The van der Waals surface area contributed by atoms with Crippen LogP contribution in [0.1, 0.15) is 37.4 Å². The summed E-state index contributed by atoms with van der Waals surface area (Å²) in [4.78, 5) is 26.6. The topological polar surface area (TPSA) is 92.4 Å². The van der Waals surface area contributed by atoms with Crippen LogP contribution in [-0.2, 0) is 16.6 Å². The lowest BCUT2D eigenvalue weighted by atomic mass is 10.1. The van der Waals surface area contributed by atoms with E-state index in [0.29, 0.717) is 6.54 Å². The van der Waals surface area contributed by atoms with Gasteiger partial charge in [-0.15, -0.1) is 0 Å². The molecule has 8 heteroatoms. The van der Waals surface area contributed by atoms with E-state index < -0.39 is 11.8 Å². The number of rotatable bonds is 5. The molecule has 1 fully saturated rings. The molecule has 140 valence electrons. The molecule has 0 unspecified atom stereocenters. The molecule has 0 aromatic carbocycles. The van der Waals surface area contributed by atoms with Gasteiger partial charge in [0.2, 0.25) is 0 Å². The van der Waals surface area contributed by atoms with Crippen LogP contribution in [-0.4, -0.2) is 46.1 Å². The summed E-state index contributed by atoms with van der Waals surface area (Å²) in [6, 6.07) is 5.59. The van der Waals surface area contributed by atoms with Crippen molar-refractivity contribution in [1.29, 1.82) is 0 Å². The van der Waals surface area contributed by atoms with Gasteiger partial charge in [0.05, 0.1) is 6.04 Å². The van der Waals surface area contributed by atoms with E-state index in [0.717, 1.165) is 31.6 Å². The summed E-state index contributed by atoms with van der Waals surface area (Å²) in [5.41, 5.74) is 1.13. The van der Waals surface area contributed by atoms with E-state index in [1.165, 1.54) is 25.2 Å². The summed E-state index contributed by atoms with van der Waals surface area (Å²) in [7, 11) is 2.00. The van der Waals surface area contributed by atoms with E-state index in [1.54, 1.807) is 0 Å². The number of carbonyl (C=O) groups excluding carboxylic acids is 2. The summed E-state index contributed by atoms with van der Waals surface area (Å²) in [5.74, 6) is -1.21. The predicted octanol–water partition coefficient (Wildman–Crippen LogP) is 1.69. The van der Waals surface area contributed by atoms with Gasteiger partial charge in [-0.1, -0.05) is 18.0 Å². The Morgan fingerprint density at radius 1 is 1.19 bits per heavy atom. The fraction of sp³-hybridized carbons (Fsp3) is 0.500. The van der Waals surface area contributed by atoms with Crippen LogP contribution < -0.4 is 10.6 Å².